The minimum atomic E-state index is -1.64. The Labute approximate surface area is 155 Å². The largest absolute Gasteiger partial charge is 0.479 e. The topological polar surface area (TPSA) is 87.1 Å². The number of nitrogens with zero attached hydrogens (tertiary/aromatic N) is 1. The first kappa shape index (κ1) is 22.0. The van der Waals surface area contributed by atoms with Crippen LogP contribution in [0.3, 0.4) is 0 Å². The van der Waals surface area contributed by atoms with Crippen LogP contribution in [0.25, 0.3) is 0 Å². The standard InChI is InChI=1S/C20H31NO5/c1-7-15-9-8-10-16(13-15)20(14(2)3,17(23)24)21(11-12-22)18(25)26-19(4,5)6/h8-10,13-14,22H,7,11-12H2,1-6H3,(H,23,24)/t20-/m1/s1. The second kappa shape index (κ2) is 8.54. The van der Waals surface area contributed by atoms with E-state index < -0.39 is 29.1 Å². The van der Waals surface area contributed by atoms with Gasteiger partial charge < -0.3 is 14.9 Å². The fraction of sp³-hybridized carbons (Fsp3) is 0.600. The number of aliphatic hydroxyl groups is 1. The smallest absolute Gasteiger partial charge is 0.411 e. The zero-order valence-corrected chi connectivity index (χ0v) is 16.6. The summed E-state index contributed by atoms with van der Waals surface area (Å²) >= 11 is 0. The molecule has 1 atom stereocenters. The van der Waals surface area contributed by atoms with E-state index in [-0.39, 0.29) is 13.2 Å². The molecule has 0 unspecified atom stereocenters. The summed E-state index contributed by atoms with van der Waals surface area (Å²) in [5, 5.41) is 19.7. The van der Waals surface area contributed by atoms with Gasteiger partial charge in [0.25, 0.3) is 0 Å². The number of aliphatic carboxylic acids is 1. The maximum absolute atomic E-state index is 12.9. The minimum absolute atomic E-state index is 0.143. The normalized spacial score (nSPS) is 14.0. The molecule has 1 rings (SSSR count). The van der Waals surface area contributed by atoms with Crippen molar-refractivity contribution < 1.29 is 24.5 Å². The molecule has 0 heterocycles. The third-order valence-electron chi connectivity index (χ3n) is 4.30. The maximum atomic E-state index is 12.9. The summed E-state index contributed by atoms with van der Waals surface area (Å²) in [7, 11) is 0. The van der Waals surface area contributed by atoms with Crippen LogP contribution in [0.4, 0.5) is 4.79 Å². The number of hydrogen-bond donors (Lipinski definition) is 2. The van der Waals surface area contributed by atoms with Crippen LogP contribution in [0.5, 0.6) is 0 Å². The van der Waals surface area contributed by atoms with Gasteiger partial charge in [-0.2, -0.15) is 0 Å². The van der Waals surface area contributed by atoms with E-state index in [1.165, 1.54) is 0 Å². The Kier molecular flexibility index (Phi) is 7.21. The Balaban J connectivity index is 3.63. The van der Waals surface area contributed by atoms with Crippen LogP contribution in [-0.4, -0.2) is 45.9 Å². The average Bonchev–Trinajstić information content (AvgIpc) is 2.52. The molecule has 0 saturated carbocycles. The fourth-order valence-corrected chi connectivity index (χ4v) is 3.14. The van der Waals surface area contributed by atoms with Gasteiger partial charge in [-0.25, -0.2) is 9.59 Å². The summed E-state index contributed by atoms with van der Waals surface area (Å²) in [4.78, 5) is 26.5. The molecule has 0 aliphatic heterocycles. The molecule has 6 nitrogen and oxygen atoms in total. The van der Waals surface area contributed by atoms with Gasteiger partial charge in [-0.15, -0.1) is 0 Å². The molecule has 6 heteroatoms. The van der Waals surface area contributed by atoms with E-state index in [1.807, 2.05) is 19.1 Å². The van der Waals surface area contributed by atoms with Crippen molar-refractivity contribution in [2.24, 2.45) is 5.92 Å². The van der Waals surface area contributed by atoms with E-state index in [4.69, 9.17) is 4.74 Å². The molecule has 2 N–H and O–H groups in total. The quantitative estimate of drug-likeness (QED) is 0.773. The number of benzene rings is 1. The summed E-state index contributed by atoms with van der Waals surface area (Å²) in [5.41, 5.74) is -0.950. The third kappa shape index (κ3) is 4.55. The van der Waals surface area contributed by atoms with E-state index in [1.54, 1.807) is 46.8 Å². The SMILES string of the molecule is CCc1cccc([C@@](C(=O)O)(C(C)C)N(CCO)C(=O)OC(C)(C)C)c1. The number of aliphatic hydroxyl groups excluding tert-OH is 1. The van der Waals surface area contributed by atoms with Crippen LogP contribution >= 0.6 is 0 Å². The van der Waals surface area contributed by atoms with Crippen LogP contribution in [0.2, 0.25) is 0 Å². The van der Waals surface area contributed by atoms with Crippen molar-refractivity contribution in [3.05, 3.63) is 35.4 Å². The van der Waals surface area contributed by atoms with Gasteiger partial charge in [0.2, 0.25) is 0 Å². The van der Waals surface area contributed by atoms with Gasteiger partial charge in [0.1, 0.15) is 5.60 Å². The molecule has 146 valence electrons. The Hall–Kier alpha value is -2.08. The lowest BCUT2D eigenvalue weighted by Crippen LogP contribution is -2.59. The highest BCUT2D eigenvalue weighted by Gasteiger charge is 2.52. The highest BCUT2D eigenvalue weighted by atomic mass is 16.6. The molecule has 1 aromatic carbocycles. The monoisotopic (exact) mass is 365 g/mol. The van der Waals surface area contributed by atoms with Gasteiger partial charge in [-0.3, -0.25) is 4.90 Å². The van der Waals surface area contributed by atoms with Crippen molar-refractivity contribution in [1.29, 1.82) is 0 Å². The highest BCUT2D eigenvalue weighted by molar-refractivity contribution is 5.86. The molecule has 26 heavy (non-hydrogen) atoms. The number of carbonyl (C=O) groups is 2. The fourth-order valence-electron chi connectivity index (χ4n) is 3.14. The van der Waals surface area contributed by atoms with Crippen molar-refractivity contribution in [3.8, 4) is 0 Å². The number of ether oxygens (including phenoxy) is 1. The van der Waals surface area contributed by atoms with E-state index >= 15 is 0 Å². The first-order valence-electron chi connectivity index (χ1n) is 8.95. The van der Waals surface area contributed by atoms with Crippen molar-refractivity contribution >= 4 is 12.1 Å². The molecule has 0 radical (unpaired) electrons. The molecule has 0 bridgehead atoms. The predicted octanol–water partition coefficient (Wildman–Crippen LogP) is 3.41. The minimum Gasteiger partial charge on any atom is -0.479 e. The number of carbonyl (C=O) groups excluding carboxylic acids is 1. The Bertz CT molecular complexity index is 635. The molecule has 1 aromatic rings. The first-order chi connectivity index (χ1) is 12.0. The van der Waals surface area contributed by atoms with E-state index in [0.29, 0.717) is 5.56 Å². The van der Waals surface area contributed by atoms with Crippen LogP contribution < -0.4 is 0 Å². The van der Waals surface area contributed by atoms with Crippen molar-refractivity contribution in [2.45, 2.75) is 59.1 Å². The molecule has 0 fully saturated rings. The number of carboxylic acids is 1. The number of rotatable bonds is 7. The molecule has 0 aliphatic carbocycles. The van der Waals surface area contributed by atoms with Gasteiger partial charge in [-0.1, -0.05) is 45.0 Å². The average molecular weight is 365 g/mol. The third-order valence-corrected chi connectivity index (χ3v) is 4.30. The molecular formula is C20H31NO5. The lowest BCUT2D eigenvalue weighted by atomic mass is 9.77. The summed E-state index contributed by atoms with van der Waals surface area (Å²) in [6.45, 7) is 10.1. The number of amides is 1. The zero-order chi connectivity index (χ0) is 20.1. The summed E-state index contributed by atoms with van der Waals surface area (Å²) in [6.07, 6.45) is -0.0156. The van der Waals surface area contributed by atoms with Crippen LogP contribution in [0, 0.1) is 5.92 Å². The lowest BCUT2D eigenvalue weighted by Gasteiger charge is -2.44. The molecule has 1 amide bonds. The summed E-state index contributed by atoms with van der Waals surface area (Å²) in [5.74, 6) is -1.61. The number of aryl methyl sites for hydroxylation is 1. The molecule has 0 aliphatic rings. The van der Waals surface area contributed by atoms with Crippen LogP contribution in [0.15, 0.2) is 24.3 Å². The predicted molar refractivity (Wildman–Crippen MR) is 100.0 cm³/mol. The summed E-state index contributed by atoms with van der Waals surface area (Å²) < 4.78 is 5.45. The second-order valence-electron chi connectivity index (χ2n) is 7.64. The van der Waals surface area contributed by atoms with E-state index in [0.717, 1.165) is 16.9 Å². The van der Waals surface area contributed by atoms with Crippen molar-refractivity contribution in [2.75, 3.05) is 13.2 Å². The highest BCUT2D eigenvalue weighted by Crippen LogP contribution is 2.38. The van der Waals surface area contributed by atoms with E-state index in [9.17, 15) is 19.8 Å². The van der Waals surface area contributed by atoms with Gasteiger partial charge >= 0.3 is 12.1 Å². The van der Waals surface area contributed by atoms with Crippen LogP contribution in [0.1, 0.15) is 52.7 Å². The van der Waals surface area contributed by atoms with Crippen molar-refractivity contribution in [3.63, 3.8) is 0 Å². The van der Waals surface area contributed by atoms with Gasteiger partial charge in [0, 0.05) is 6.54 Å². The molecular weight excluding hydrogens is 334 g/mol. The Morgan fingerprint density at radius 1 is 1.23 bits per heavy atom. The second-order valence-corrected chi connectivity index (χ2v) is 7.64. The van der Waals surface area contributed by atoms with Gasteiger partial charge in [0.05, 0.1) is 6.61 Å². The first-order valence-corrected chi connectivity index (χ1v) is 8.95. The van der Waals surface area contributed by atoms with E-state index in [2.05, 4.69) is 0 Å². The summed E-state index contributed by atoms with van der Waals surface area (Å²) in [6, 6.07) is 7.23. The number of hydrogen-bond acceptors (Lipinski definition) is 4. The molecule has 0 saturated heterocycles. The number of carboxylic acid groups (broad SMARTS) is 1. The Morgan fingerprint density at radius 3 is 2.27 bits per heavy atom. The lowest BCUT2D eigenvalue weighted by molar-refractivity contribution is -0.156. The van der Waals surface area contributed by atoms with Crippen molar-refractivity contribution in [1.82, 2.24) is 4.90 Å². The van der Waals surface area contributed by atoms with Gasteiger partial charge in [-0.05, 0) is 44.2 Å². The van der Waals surface area contributed by atoms with Gasteiger partial charge in [0.15, 0.2) is 5.54 Å². The molecule has 0 spiro atoms. The maximum Gasteiger partial charge on any atom is 0.411 e. The van der Waals surface area contributed by atoms with Crippen LogP contribution in [-0.2, 0) is 21.5 Å². The molecule has 0 aromatic heterocycles. The Morgan fingerprint density at radius 2 is 1.85 bits per heavy atom. The zero-order valence-electron chi connectivity index (χ0n) is 16.6.